The molecule has 0 unspecified atom stereocenters. The highest BCUT2D eigenvalue weighted by Crippen LogP contribution is 2.30. The molecule has 2 N–H and O–H groups in total. The Morgan fingerprint density at radius 3 is 2.56 bits per heavy atom. The van der Waals surface area contributed by atoms with Crippen molar-refractivity contribution in [2.75, 3.05) is 24.2 Å². The first-order chi connectivity index (χ1) is 8.74. The van der Waals surface area contributed by atoms with E-state index in [1.165, 1.54) is 22.4 Å². The summed E-state index contributed by atoms with van der Waals surface area (Å²) in [7, 11) is 1.95. The highest BCUT2D eigenvalue weighted by molar-refractivity contribution is 5.80. The van der Waals surface area contributed by atoms with E-state index in [9.17, 15) is 0 Å². The highest BCUT2D eigenvalue weighted by Gasteiger charge is 2.05. The average Bonchev–Trinajstić information content (AvgIpc) is 2.39. The minimum atomic E-state index is 0.932. The first kappa shape index (κ1) is 12.5. The lowest BCUT2D eigenvalue weighted by atomic mass is 10.0. The second-order valence-electron chi connectivity index (χ2n) is 4.41. The van der Waals surface area contributed by atoms with E-state index in [2.05, 4.69) is 66.9 Å². The maximum absolute atomic E-state index is 3.41. The molecule has 0 bridgehead atoms. The molecule has 2 aromatic carbocycles. The summed E-state index contributed by atoms with van der Waals surface area (Å²) in [5.41, 5.74) is 6.10. The topological polar surface area (TPSA) is 24.1 Å². The molecule has 2 nitrogen and oxygen atoms in total. The minimum absolute atomic E-state index is 0.932. The summed E-state index contributed by atoms with van der Waals surface area (Å²) in [5.74, 6) is 0. The lowest BCUT2D eigenvalue weighted by Crippen LogP contribution is -1.98. The summed E-state index contributed by atoms with van der Waals surface area (Å²) in [6.45, 7) is 5.17. The van der Waals surface area contributed by atoms with Crippen LogP contribution in [0.2, 0.25) is 0 Å². The lowest BCUT2D eigenvalue weighted by Gasteiger charge is -2.13. The number of hydrogen-bond acceptors (Lipinski definition) is 2. The molecule has 0 aliphatic carbocycles. The number of aryl methyl sites for hydroxylation is 1. The normalized spacial score (nSPS) is 10.2. The van der Waals surface area contributed by atoms with E-state index in [0.717, 1.165) is 12.2 Å². The standard InChI is InChI=1S/C16H20N2/c1-4-18-16-8-6-5-7-15(16)13-9-12(2)10-14(11-13)17-3/h5-11,17-18H,4H2,1-3H3. The molecule has 0 fully saturated rings. The van der Waals surface area contributed by atoms with Crippen LogP contribution in [0.3, 0.4) is 0 Å². The van der Waals surface area contributed by atoms with Gasteiger partial charge in [-0.15, -0.1) is 0 Å². The summed E-state index contributed by atoms with van der Waals surface area (Å²) >= 11 is 0. The number of nitrogens with one attached hydrogen (secondary N) is 2. The summed E-state index contributed by atoms with van der Waals surface area (Å²) in [6, 6.07) is 15.0. The molecule has 0 amide bonds. The van der Waals surface area contributed by atoms with Gasteiger partial charge in [0.05, 0.1) is 0 Å². The Hall–Kier alpha value is -1.96. The van der Waals surface area contributed by atoms with Gasteiger partial charge < -0.3 is 10.6 Å². The van der Waals surface area contributed by atoms with Crippen LogP contribution in [0.5, 0.6) is 0 Å². The van der Waals surface area contributed by atoms with E-state index in [1.807, 2.05) is 7.05 Å². The minimum Gasteiger partial charge on any atom is -0.388 e. The van der Waals surface area contributed by atoms with Crippen LogP contribution in [0, 0.1) is 6.92 Å². The molecule has 0 heterocycles. The van der Waals surface area contributed by atoms with Crippen LogP contribution in [0.4, 0.5) is 11.4 Å². The van der Waals surface area contributed by atoms with Crippen LogP contribution < -0.4 is 10.6 Å². The summed E-state index contributed by atoms with van der Waals surface area (Å²) in [5, 5.41) is 6.62. The maximum atomic E-state index is 3.41. The third-order valence-electron chi connectivity index (χ3n) is 2.97. The molecular weight excluding hydrogens is 220 g/mol. The van der Waals surface area contributed by atoms with E-state index >= 15 is 0 Å². The zero-order valence-electron chi connectivity index (χ0n) is 11.2. The van der Waals surface area contributed by atoms with E-state index in [4.69, 9.17) is 0 Å². The van der Waals surface area contributed by atoms with Crippen molar-refractivity contribution in [1.82, 2.24) is 0 Å². The Balaban J connectivity index is 2.50. The molecule has 0 radical (unpaired) electrons. The van der Waals surface area contributed by atoms with Gasteiger partial charge in [0.1, 0.15) is 0 Å². The van der Waals surface area contributed by atoms with Crippen molar-refractivity contribution < 1.29 is 0 Å². The van der Waals surface area contributed by atoms with E-state index in [-0.39, 0.29) is 0 Å². The second-order valence-corrected chi connectivity index (χ2v) is 4.41. The Bertz CT molecular complexity index is 532. The van der Waals surface area contributed by atoms with E-state index < -0.39 is 0 Å². The van der Waals surface area contributed by atoms with Gasteiger partial charge in [0.15, 0.2) is 0 Å². The number of para-hydroxylation sites is 1. The van der Waals surface area contributed by atoms with Crippen LogP contribution in [-0.4, -0.2) is 13.6 Å². The third kappa shape index (κ3) is 2.65. The van der Waals surface area contributed by atoms with Gasteiger partial charge in [-0.2, -0.15) is 0 Å². The first-order valence-corrected chi connectivity index (χ1v) is 6.37. The first-order valence-electron chi connectivity index (χ1n) is 6.37. The monoisotopic (exact) mass is 240 g/mol. The van der Waals surface area contributed by atoms with Crippen molar-refractivity contribution in [2.24, 2.45) is 0 Å². The van der Waals surface area contributed by atoms with Gasteiger partial charge in [0, 0.05) is 30.5 Å². The van der Waals surface area contributed by atoms with Gasteiger partial charge in [-0.1, -0.05) is 24.3 Å². The molecule has 2 heteroatoms. The molecule has 0 saturated heterocycles. The summed E-state index contributed by atoms with van der Waals surface area (Å²) in [6.07, 6.45) is 0. The van der Waals surface area contributed by atoms with Crippen molar-refractivity contribution in [3.8, 4) is 11.1 Å². The van der Waals surface area contributed by atoms with Crippen molar-refractivity contribution in [1.29, 1.82) is 0 Å². The molecule has 2 aromatic rings. The third-order valence-corrected chi connectivity index (χ3v) is 2.97. The van der Waals surface area contributed by atoms with Gasteiger partial charge in [-0.05, 0) is 43.2 Å². The zero-order chi connectivity index (χ0) is 13.0. The van der Waals surface area contributed by atoms with Crippen LogP contribution >= 0.6 is 0 Å². The smallest absolute Gasteiger partial charge is 0.0419 e. The van der Waals surface area contributed by atoms with Gasteiger partial charge in [0.25, 0.3) is 0 Å². The summed E-state index contributed by atoms with van der Waals surface area (Å²) < 4.78 is 0. The SMILES string of the molecule is CCNc1ccccc1-c1cc(C)cc(NC)c1. The van der Waals surface area contributed by atoms with Crippen LogP contribution in [0.25, 0.3) is 11.1 Å². The Morgan fingerprint density at radius 2 is 1.83 bits per heavy atom. The summed E-state index contributed by atoms with van der Waals surface area (Å²) in [4.78, 5) is 0. The van der Waals surface area contributed by atoms with E-state index in [0.29, 0.717) is 0 Å². The average molecular weight is 240 g/mol. The quantitative estimate of drug-likeness (QED) is 0.839. The van der Waals surface area contributed by atoms with Gasteiger partial charge in [0.2, 0.25) is 0 Å². The predicted octanol–water partition coefficient (Wildman–Crippen LogP) is 4.14. The van der Waals surface area contributed by atoms with Crippen LogP contribution in [0.1, 0.15) is 12.5 Å². The molecular formula is C16H20N2. The van der Waals surface area contributed by atoms with Crippen molar-refractivity contribution >= 4 is 11.4 Å². The van der Waals surface area contributed by atoms with Crippen molar-refractivity contribution in [3.63, 3.8) is 0 Å². The zero-order valence-corrected chi connectivity index (χ0v) is 11.2. The highest BCUT2D eigenvalue weighted by atomic mass is 14.9. The fraction of sp³-hybridized carbons (Fsp3) is 0.250. The molecule has 0 spiro atoms. The molecule has 0 aliphatic rings. The molecule has 0 aromatic heterocycles. The van der Waals surface area contributed by atoms with Crippen LogP contribution in [-0.2, 0) is 0 Å². The van der Waals surface area contributed by atoms with Gasteiger partial charge in [-0.25, -0.2) is 0 Å². The predicted molar refractivity (Wildman–Crippen MR) is 80.3 cm³/mol. The number of hydrogen-bond donors (Lipinski definition) is 2. The second kappa shape index (κ2) is 5.58. The molecule has 0 saturated carbocycles. The Kier molecular flexibility index (Phi) is 3.88. The Labute approximate surface area is 109 Å². The maximum Gasteiger partial charge on any atom is 0.0419 e. The molecule has 18 heavy (non-hydrogen) atoms. The fourth-order valence-electron chi connectivity index (χ4n) is 2.16. The number of benzene rings is 2. The van der Waals surface area contributed by atoms with Gasteiger partial charge >= 0.3 is 0 Å². The molecule has 94 valence electrons. The Morgan fingerprint density at radius 1 is 1.06 bits per heavy atom. The van der Waals surface area contributed by atoms with Crippen molar-refractivity contribution in [3.05, 3.63) is 48.0 Å². The molecule has 0 aliphatic heterocycles. The number of rotatable bonds is 4. The molecule has 2 rings (SSSR count). The van der Waals surface area contributed by atoms with E-state index in [1.54, 1.807) is 0 Å². The van der Waals surface area contributed by atoms with Crippen molar-refractivity contribution in [2.45, 2.75) is 13.8 Å². The largest absolute Gasteiger partial charge is 0.388 e. The molecule has 0 atom stereocenters. The van der Waals surface area contributed by atoms with Crippen LogP contribution in [0.15, 0.2) is 42.5 Å². The fourth-order valence-corrected chi connectivity index (χ4v) is 2.16. The lowest BCUT2D eigenvalue weighted by molar-refractivity contribution is 1.21. The number of anilines is 2. The van der Waals surface area contributed by atoms with Gasteiger partial charge in [-0.3, -0.25) is 0 Å².